The molecule has 0 heterocycles. The summed E-state index contributed by atoms with van der Waals surface area (Å²) >= 11 is 0. The summed E-state index contributed by atoms with van der Waals surface area (Å²) in [5.41, 5.74) is 6.26. The number of hydrogen-bond donors (Lipinski definition) is 1. The van der Waals surface area contributed by atoms with Crippen molar-refractivity contribution < 1.29 is 9.53 Å². The Hall–Kier alpha value is -0.570. The lowest BCUT2D eigenvalue weighted by Crippen LogP contribution is -2.46. The summed E-state index contributed by atoms with van der Waals surface area (Å²) in [7, 11) is 1.46. The summed E-state index contributed by atoms with van der Waals surface area (Å²) in [6.07, 6.45) is 12.9. The van der Waals surface area contributed by atoms with E-state index >= 15 is 0 Å². The van der Waals surface area contributed by atoms with E-state index in [2.05, 4.69) is 0 Å². The van der Waals surface area contributed by atoms with E-state index in [4.69, 9.17) is 10.5 Å². The number of hydrogen-bond acceptors (Lipinski definition) is 3. The first kappa shape index (κ1) is 14.8. The molecule has 1 atom stereocenters. The second kappa shape index (κ2) is 7.28. The number of esters is 1. The van der Waals surface area contributed by atoms with Crippen LogP contribution in [0.5, 0.6) is 0 Å². The molecule has 0 aromatic rings. The zero-order valence-electron chi connectivity index (χ0n) is 12.3. The molecule has 0 amide bonds. The molecule has 0 aromatic heterocycles. The average Bonchev–Trinajstić information content (AvgIpc) is 2.49. The van der Waals surface area contributed by atoms with Crippen molar-refractivity contribution in [3.8, 4) is 0 Å². The Morgan fingerprint density at radius 1 is 0.947 bits per heavy atom. The molecule has 19 heavy (non-hydrogen) atoms. The highest BCUT2D eigenvalue weighted by atomic mass is 16.5. The van der Waals surface area contributed by atoms with E-state index in [-0.39, 0.29) is 5.97 Å². The number of methoxy groups -OCH3 is 1. The van der Waals surface area contributed by atoms with Crippen molar-refractivity contribution in [3.63, 3.8) is 0 Å². The van der Waals surface area contributed by atoms with Crippen LogP contribution in [0.2, 0.25) is 0 Å². The van der Waals surface area contributed by atoms with E-state index in [1.54, 1.807) is 0 Å². The van der Waals surface area contributed by atoms with Gasteiger partial charge in [-0.2, -0.15) is 0 Å². The maximum Gasteiger partial charge on any atom is 0.322 e. The predicted molar refractivity (Wildman–Crippen MR) is 76.6 cm³/mol. The molecule has 1 unspecified atom stereocenters. The summed E-state index contributed by atoms with van der Waals surface area (Å²) in [5.74, 6) is 1.44. The summed E-state index contributed by atoms with van der Waals surface area (Å²) in [6.45, 7) is 0. The molecule has 2 fully saturated rings. The molecule has 0 saturated heterocycles. The molecule has 2 rings (SSSR count). The molecular weight excluding hydrogens is 238 g/mol. The van der Waals surface area contributed by atoms with Gasteiger partial charge in [-0.05, 0) is 17.8 Å². The van der Waals surface area contributed by atoms with Crippen LogP contribution in [0.15, 0.2) is 0 Å². The number of nitrogens with two attached hydrogens (primary N) is 1. The molecule has 2 aliphatic rings. The van der Waals surface area contributed by atoms with Gasteiger partial charge in [-0.1, -0.05) is 64.2 Å². The molecule has 0 bridgehead atoms. The average molecular weight is 267 g/mol. The van der Waals surface area contributed by atoms with Gasteiger partial charge in [0, 0.05) is 0 Å². The van der Waals surface area contributed by atoms with Gasteiger partial charge in [-0.3, -0.25) is 4.79 Å². The van der Waals surface area contributed by atoms with E-state index in [9.17, 15) is 4.79 Å². The van der Waals surface area contributed by atoms with Gasteiger partial charge in [0.25, 0.3) is 0 Å². The van der Waals surface area contributed by atoms with Crippen LogP contribution in [0.1, 0.15) is 64.2 Å². The Labute approximate surface area is 117 Å². The van der Waals surface area contributed by atoms with Crippen molar-refractivity contribution in [2.24, 2.45) is 23.5 Å². The molecule has 2 N–H and O–H groups in total. The van der Waals surface area contributed by atoms with Crippen LogP contribution in [-0.4, -0.2) is 19.1 Å². The molecule has 0 spiro atoms. The molecule has 2 aliphatic carbocycles. The maximum absolute atomic E-state index is 11.9. The van der Waals surface area contributed by atoms with Gasteiger partial charge in [-0.15, -0.1) is 0 Å². The molecule has 3 heteroatoms. The van der Waals surface area contributed by atoms with Gasteiger partial charge in [0.1, 0.15) is 6.04 Å². The zero-order chi connectivity index (χ0) is 13.7. The lowest BCUT2D eigenvalue weighted by molar-refractivity contribution is -0.145. The van der Waals surface area contributed by atoms with Gasteiger partial charge in [0.05, 0.1) is 7.11 Å². The van der Waals surface area contributed by atoms with E-state index in [0.717, 1.165) is 0 Å². The monoisotopic (exact) mass is 267 g/mol. The highest BCUT2D eigenvalue weighted by molar-refractivity contribution is 5.75. The van der Waals surface area contributed by atoms with Gasteiger partial charge >= 0.3 is 5.97 Å². The number of ether oxygens (including phenoxy) is 1. The fraction of sp³-hybridized carbons (Fsp3) is 0.938. The number of carbonyl (C=O) groups is 1. The van der Waals surface area contributed by atoms with Crippen molar-refractivity contribution in [1.82, 2.24) is 0 Å². The minimum absolute atomic E-state index is 0.207. The van der Waals surface area contributed by atoms with Crippen LogP contribution in [-0.2, 0) is 9.53 Å². The number of carbonyl (C=O) groups excluding carboxylic acids is 1. The SMILES string of the molecule is COC(=O)C(N)C(C1CCCCC1)C1CCCCC1. The first-order valence-electron chi connectivity index (χ1n) is 8.07. The van der Waals surface area contributed by atoms with Crippen LogP contribution in [0.4, 0.5) is 0 Å². The first-order valence-corrected chi connectivity index (χ1v) is 8.07. The van der Waals surface area contributed by atoms with Gasteiger partial charge in [0.15, 0.2) is 0 Å². The molecule has 0 aliphatic heterocycles. The quantitative estimate of drug-likeness (QED) is 0.795. The third-order valence-corrected chi connectivity index (χ3v) is 5.28. The van der Waals surface area contributed by atoms with Crippen molar-refractivity contribution in [2.45, 2.75) is 70.3 Å². The van der Waals surface area contributed by atoms with E-state index < -0.39 is 6.04 Å². The first-order chi connectivity index (χ1) is 9.24. The van der Waals surface area contributed by atoms with Crippen LogP contribution in [0.25, 0.3) is 0 Å². The number of rotatable bonds is 4. The van der Waals surface area contributed by atoms with Crippen LogP contribution in [0, 0.1) is 17.8 Å². The Morgan fingerprint density at radius 3 is 1.74 bits per heavy atom. The standard InChI is InChI=1S/C16H29NO2/c1-19-16(18)15(17)14(12-8-4-2-5-9-12)13-10-6-3-7-11-13/h12-15H,2-11,17H2,1H3. The summed E-state index contributed by atoms with van der Waals surface area (Å²) in [6, 6.07) is -0.406. The lowest BCUT2D eigenvalue weighted by Gasteiger charge is -2.40. The molecule has 0 radical (unpaired) electrons. The largest absolute Gasteiger partial charge is 0.468 e. The van der Waals surface area contributed by atoms with Crippen LogP contribution < -0.4 is 5.73 Å². The highest BCUT2D eigenvalue weighted by Gasteiger charge is 2.38. The normalized spacial score (nSPS) is 24.4. The topological polar surface area (TPSA) is 52.3 Å². The fourth-order valence-electron chi connectivity index (χ4n) is 4.30. The lowest BCUT2D eigenvalue weighted by atomic mass is 9.67. The second-order valence-corrected chi connectivity index (χ2v) is 6.42. The van der Waals surface area contributed by atoms with Crippen LogP contribution >= 0.6 is 0 Å². The predicted octanol–water partition coefficient (Wildman–Crippen LogP) is 3.26. The van der Waals surface area contributed by atoms with Crippen LogP contribution in [0.3, 0.4) is 0 Å². The van der Waals surface area contributed by atoms with Crippen molar-refractivity contribution in [2.75, 3.05) is 7.11 Å². The summed E-state index contributed by atoms with van der Waals surface area (Å²) in [4.78, 5) is 11.9. The van der Waals surface area contributed by atoms with E-state index in [1.165, 1.54) is 71.3 Å². The third kappa shape index (κ3) is 3.71. The Kier molecular flexibility index (Phi) is 5.68. The smallest absolute Gasteiger partial charge is 0.322 e. The zero-order valence-corrected chi connectivity index (χ0v) is 12.3. The van der Waals surface area contributed by atoms with Crippen molar-refractivity contribution >= 4 is 5.97 Å². The van der Waals surface area contributed by atoms with E-state index in [1.807, 2.05) is 0 Å². The second-order valence-electron chi connectivity index (χ2n) is 6.42. The van der Waals surface area contributed by atoms with E-state index in [0.29, 0.717) is 17.8 Å². The molecule has 3 nitrogen and oxygen atoms in total. The molecule has 110 valence electrons. The van der Waals surface area contributed by atoms with Gasteiger partial charge in [-0.25, -0.2) is 0 Å². The maximum atomic E-state index is 11.9. The fourth-order valence-corrected chi connectivity index (χ4v) is 4.30. The Balaban J connectivity index is 2.08. The van der Waals surface area contributed by atoms with Gasteiger partial charge < -0.3 is 10.5 Å². The van der Waals surface area contributed by atoms with Crippen molar-refractivity contribution in [1.29, 1.82) is 0 Å². The van der Waals surface area contributed by atoms with Crippen molar-refractivity contribution in [3.05, 3.63) is 0 Å². The molecule has 0 aromatic carbocycles. The summed E-state index contributed by atoms with van der Waals surface area (Å²) < 4.78 is 4.91. The molecule has 2 saturated carbocycles. The minimum atomic E-state index is -0.406. The highest BCUT2D eigenvalue weighted by Crippen LogP contribution is 2.41. The van der Waals surface area contributed by atoms with Gasteiger partial charge in [0.2, 0.25) is 0 Å². The minimum Gasteiger partial charge on any atom is -0.468 e. The third-order valence-electron chi connectivity index (χ3n) is 5.28. The Morgan fingerprint density at radius 2 is 1.37 bits per heavy atom. The Bertz CT molecular complexity index is 262. The summed E-state index contributed by atoms with van der Waals surface area (Å²) in [5, 5.41) is 0. The molecular formula is C16H29NO2.